The Balaban J connectivity index is 2.15. The lowest BCUT2D eigenvalue weighted by Crippen LogP contribution is -2.48. The maximum atomic E-state index is 12.8. The summed E-state index contributed by atoms with van der Waals surface area (Å²) in [5.74, 6) is 0.186. The molecule has 2 amide bonds. The Bertz CT molecular complexity index is 803. The number of amides is 2. The van der Waals surface area contributed by atoms with Crippen molar-refractivity contribution in [2.75, 3.05) is 13.7 Å². The molecule has 0 saturated heterocycles. The molecule has 0 spiro atoms. The molecule has 0 radical (unpaired) electrons. The second-order valence-electron chi connectivity index (χ2n) is 6.55. The molecular formula is C21H25BrN2O3. The molecular weight excluding hydrogens is 408 g/mol. The number of benzene rings is 2. The highest BCUT2D eigenvalue weighted by molar-refractivity contribution is 9.10. The lowest BCUT2D eigenvalue weighted by atomic mass is 10.1. The number of hydrogen-bond donors (Lipinski definition) is 1. The van der Waals surface area contributed by atoms with Gasteiger partial charge in [-0.25, -0.2) is 0 Å². The number of carbonyl (C=O) groups excluding carboxylic acids is 2. The van der Waals surface area contributed by atoms with Crippen LogP contribution in [0.4, 0.5) is 0 Å². The van der Waals surface area contributed by atoms with Crippen LogP contribution in [0, 0.1) is 13.8 Å². The van der Waals surface area contributed by atoms with Gasteiger partial charge in [-0.2, -0.15) is 0 Å². The quantitative estimate of drug-likeness (QED) is 0.726. The van der Waals surface area contributed by atoms with E-state index in [1.807, 2.05) is 56.3 Å². The van der Waals surface area contributed by atoms with Crippen LogP contribution in [-0.2, 0) is 16.1 Å². The van der Waals surface area contributed by atoms with Crippen LogP contribution < -0.4 is 10.1 Å². The first-order valence-electron chi connectivity index (χ1n) is 8.76. The number of nitrogens with zero attached hydrogens (tertiary/aromatic N) is 1. The number of halogens is 1. The van der Waals surface area contributed by atoms with E-state index in [4.69, 9.17) is 4.74 Å². The van der Waals surface area contributed by atoms with Crippen molar-refractivity contribution >= 4 is 27.7 Å². The Kier molecular flexibility index (Phi) is 7.42. The summed E-state index contributed by atoms with van der Waals surface area (Å²) < 4.78 is 6.63. The zero-order valence-corrected chi connectivity index (χ0v) is 17.7. The fraction of sp³-hybridized carbons (Fsp3) is 0.333. The molecule has 0 aliphatic heterocycles. The predicted octanol–water partition coefficient (Wildman–Crippen LogP) is 3.61. The second-order valence-corrected chi connectivity index (χ2v) is 7.47. The van der Waals surface area contributed by atoms with Crippen LogP contribution >= 0.6 is 15.9 Å². The van der Waals surface area contributed by atoms with Gasteiger partial charge in [-0.1, -0.05) is 34.1 Å². The van der Waals surface area contributed by atoms with E-state index in [2.05, 4.69) is 21.2 Å². The molecule has 144 valence electrons. The molecule has 0 fully saturated rings. The van der Waals surface area contributed by atoms with Crippen molar-refractivity contribution in [3.63, 3.8) is 0 Å². The van der Waals surface area contributed by atoms with E-state index < -0.39 is 6.04 Å². The van der Waals surface area contributed by atoms with Gasteiger partial charge in [0.2, 0.25) is 5.91 Å². The SMILES string of the molecule is CNC(=O)[C@@H](C)N(Cc1cccc(Br)c1)C(=O)COc1cc(C)cc(C)c1. The summed E-state index contributed by atoms with van der Waals surface area (Å²) in [6, 6.07) is 12.9. The van der Waals surface area contributed by atoms with Gasteiger partial charge < -0.3 is 15.0 Å². The lowest BCUT2D eigenvalue weighted by molar-refractivity contribution is -0.142. The van der Waals surface area contributed by atoms with Crippen LogP contribution in [-0.4, -0.2) is 36.4 Å². The number of nitrogens with one attached hydrogen (secondary N) is 1. The highest BCUT2D eigenvalue weighted by Crippen LogP contribution is 2.18. The Labute approximate surface area is 168 Å². The molecule has 5 nitrogen and oxygen atoms in total. The summed E-state index contributed by atoms with van der Waals surface area (Å²) in [5.41, 5.74) is 3.07. The van der Waals surface area contributed by atoms with E-state index in [9.17, 15) is 9.59 Å². The minimum absolute atomic E-state index is 0.127. The third-order valence-corrected chi connectivity index (χ3v) is 4.71. The van der Waals surface area contributed by atoms with Gasteiger partial charge >= 0.3 is 0 Å². The average molecular weight is 433 g/mol. The highest BCUT2D eigenvalue weighted by Gasteiger charge is 2.25. The largest absolute Gasteiger partial charge is 0.484 e. The Morgan fingerprint density at radius 3 is 2.41 bits per heavy atom. The van der Waals surface area contributed by atoms with Crippen molar-refractivity contribution in [2.24, 2.45) is 0 Å². The van der Waals surface area contributed by atoms with Crippen LogP contribution in [0.3, 0.4) is 0 Å². The minimum Gasteiger partial charge on any atom is -0.484 e. The molecule has 2 aromatic rings. The van der Waals surface area contributed by atoms with Gasteiger partial charge in [0.15, 0.2) is 6.61 Å². The minimum atomic E-state index is -0.607. The molecule has 0 saturated carbocycles. The second kappa shape index (κ2) is 9.55. The lowest BCUT2D eigenvalue weighted by Gasteiger charge is -2.28. The number of likely N-dealkylation sites (N-methyl/N-ethyl adjacent to an activating group) is 1. The summed E-state index contributed by atoms with van der Waals surface area (Å²) in [7, 11) is 1.56. The van der Waals surface area contributed by atoms with Gasteiger partial charge in [-0.3, -0.25) is 9.59 Å². The molecule has 1 N–H and O–H groups in total. The van der Waals surface area contributed by atoms with E-state index in [0.29, 0.717) is 12.3 Å². The third kappa shape index (κ3) is 6.10. The summed E-state index contributed by atoms with van der Waals surface area (Å²) in [6.45, 7) is 5.87. The first-order valence-corrected chi connectivity index (χ1v) is 9.56. The fourth-order valence-corrected chi connectivity index (χ4v) is 3.31. The van der Waals surface area contributed by atoms with Crippen LogP contribution in [0.2, 0.25) is 0 Å². The topological polar surface area (TPSA) is 58.6 Å². The standard InChI is InChI=1S/C21H25BrN2O3/c1-14-8-15(2)10-19(9-14)27-13-20(25)24(16(3)21(26)23-4)12-17-6-5-7-18(22)11-17/h5-11,16H,12-13H2,1-4H3,(H,23,26)/t16-/m1/s1. The summed E-state index contributed by atoms with van der Waals surface area (Å²) >= 11 is 3.44. The fourth-order valence-electron chi connectivity index (χ4n) is 2.87. The number of carbonyl (C=O) groups is 2. The van der Waals surface area contributed by atoms with Gasteiger partial charge in [0.1, 0.15) is 11.8 Å². The van der Waals surface area contributed by atoms with E-state index in [1.165, 1.54) is 4.90 Å². The van der Waals surface area contributed by atoms with Gasteiger partial charge in [0.25, 0.3) is 5.91 Å². The van der Waals surface area contributed by atoms with Gasteiger partial charge in [-0.15, -0.1) is 0 Å². The molecule has 2 rings (SSSR count). The smallest absolute Gasteiger partial charge is 0.261 e. The van der Waals surface area contributed by atoms with Crippen molar-refractivity contribution in [3.8, 4) is 5.75 Å². The van der Waals surface area contributed by atoms with Crippen LogP contribution in [0.1, 0.15) is 23.6 Å². The molecule has 1 atom stereocenters. The molecule has 0 aliphatic carbocycles. The van der Waals surface area contributed by atoms with Gasteiger partial charge in [0, 0.05) is 18.1 Å². The molecule has 0 aliphatic rings. The van der Waals surface area contributed by atoms with Crippen molar-refractivity contribution in [1.29, 1.82) is 0 Å². The summed E-state index contributed by atoms with van der Waals surface area (Å²) in [5, 5.41) is 2.60. The molecule has 2 aromatic carbocycles. The average Bonchev–Trinajstić information content (AvgIpc) is 2.62. The Hall–Kier alpha value is -2.34. The van der Waals surface area contributed by atoms with E-state index in [0.717, 1.165) is 21.2 Å². The Morgan fingerprint density at radius 2 is 1.81 bits per heavy atom. The summed E-state index contributed by atoms with van der Waals surface area (Å²) in [4.78, 5) is 26.5. The first-order chi connectivity index (χ1) is 12.8. The van der Waals surface area contributed by atoms with E-state index in [1.54, 1.807) is 14.0 Å². The van der Waals surface area contributed by atoms with Crippen LogP contribution in [0.25, 0.3) is 0 Å². The molecule has 27 heavy (non-hydrogen) atoms. The first kappa shape index (κ1) is 21.0. The van der Waals surface area contributed by atoms with Crippen molar-refractivity contribution in [2.45, 2.75) is 33.4 Å². The predicted molar refractivity (Wildman–Crippen MR) is 110 cm³/mol. The zero-order valence-electron chi connectivity index (χ0n) is 16.1. The van der Waals surface area contributed by atoms with E-state index >= 15 is 0 Å². The van der Waals surface area contributed by atoms with Crippen LogP contribution in [0.15, 0.2) is 46.9 Å². The Morgan fingerprint density at radius 1 is 1.15 bits per heavy atom. The number of ether oxygens (including phenoxy) is 1. The number of rotatable bonds is 7. The highest BCUT2D eigenvalue weighted by atomic mass is 79.9. The van der Waals surface area contributed by atoms with Crippen molar-refractivity contribution in [1.82, 2.24) is 10.2 Å². The van der Waals surface area contributed by atoms with Crippen molar-refractivity contribution in [3.05, 3.63) is 63.6 Å². The zero-order chi connectivity index (χ0) is 20.0. The van der Waals surface area contributed by atoms with Crippen molar-refractivity contribution < 1.29 is 14.3 Å². The molecule has 0 unspecified atom stereocenters. The van der Waals surface area contributed by atoms with Gasteiger partial charge in [-0.05, 0) is 61.7 Å². The number of hydrogen-bond acceptors (Lipinski definition) is 3. The molecule has 0 aromatic heterocycles. The maximum absolute atomic E-state index is 12.8. The maximum Gasteiger partial charge on any atom is 0.261 e. The normalized spacial score (nSPS) is 11.6. The van der Waals surface area contributed by atoms with Gasteiger partial charge in [0.05, 0.1) is 0 Å². The van der Waals surface area contributed by atoms with Crippen LogP contribution in [0.5, 0.6) is 5.75 Å². The molecule has 6 heteroatoms. The molecule has 0 bridgehead atoms. The summed E-state index contributed by atoms with van der Waals surface area (Å²) in [6.07, 6.45) is 0. The molecule has 0 heterocycles. The number of aryl methyl sites for hydroxylation is 2. The monoisotopic (exact) mass is 432 g/mol. The third-order valence-electron chi connectivity index (χ3n) is 4.21. The van der Waals surface area contributed by atoms with E-state index in [-0.39, 0.29) is 18.4 Å².